The van der Waals surface area contributed by atoms with Crippen molar-refractivity contribution in [2.45, 2.75) is 0 Å². The van der Waals surface area contributed by atoms with E-state index < -0.39 is 0 Å². The molecule has 0 aliphatic rings. The van der Waals surface area contributed by atoms with E-state index >= 15 is 0 Å². The van der Waals surface area contributed by atoms with Gasteiger partial charge < -0.3 is 0 Å². The van der Waals surface area contributed by atoms with Gasteiger partial charge in [0.25, 0.3) is 0 Å². The standard InChI is InChI=1S/C16H13FN/c1-18-9-8-15(11-16(18)17)14-7-6-12-4-2-3-5-13(12)10-14/h2-11H,1H3/q+1. The normalized spacial score (nSPS) is 10.8. The fourth-order valence-corrected chi connectivity index (χ4v) is 2.09. The van der Waals surface area contributed by atoms with Gasteiger partial charge in [-0.25, -0.2) is 0 Å². The Balaban J connectivity index is 2.16. The van der Waals surface area contributed by atoms with Crippen LogP contribution in [-0.4, -0.2) is 0 Å². The summed E-state index contributed by atoms with van der Waals surface area (Å²) in [6, 6.07) is 17.8. The van der Waals surface area contributed by atoms with Crippen LogP contribution in [0.3, 0.4) is 0 Å². The molecule has 3 aromatic rings. The summed E-state index contributed by atoms with van der Waals surface area (Å²) >= 11 is 0. The van der Waals surface area contributed by atoms with Crippen LogP contribution in [0.25, 0.3) is 21.9 Å². The zero-order valence-electron chi connectivity index (χ0n) is 10.1. The third kappa shape index (κ3) is 1.86. The summed E-state index contributed by atoms with van der Waals surface area (Å²) in [4.78, 5) is 0. The maximum atomic E-state index is 13.5. The van der Waals surface area contributed by atoms with E-state index in [-0.39, 0.29) is 5.95 Å². The monoisotopic (exact) mass is 238 g/mol. The highest BCUT2D eigenvalue weighted by Gasteiger charge is 2.07. The van der Waals surface area contributed by atoms with Crippen molar-refractivity contribution >= 4 is 10.8 Å². The van der Waals surface area contributed by atoms with Crippen molar-refractivity contribution in [1.82, 2.24) is 0 Å². The highest BCUT2D eigenvalue weighted by molar-refractivity contribution is 5.87. The maximum absolute atomic E-state index is 13.5. The van der Waals surface area contributed by atoms with E-state index in [1.807, 2.05) is 24.3 Å². The molecular formula is C16H13FN+. The summed E-state index contributed by atoms with van der Waals surface area (Å²) in [6.07, 6.45) is 1.74. The van der Waals surface area contributed by atoms with Gasteiger partial charge in [-0.15, -0.1) is 4.39 Å². The number of benzene rings is 2. The highest BCUT2D eigenvalue weighted by atomic mass is 19.1. The first-order chi connectivity index (χ1) is 8.74. The van der Waals surface area contributed by atoms with Crippen molar-refractivity contribution < 1.29 is 8.96 Å². The summed E-state index contributed by atoms with van der Waals surface area (Å²) in [5.74, 6) is -0.236. The van der Waals surface area contributed by atoms with E-state index in [4.69, 9.17) is 0 Å². The van der Waals surface area contributed by atoms with Crippen LogP contribution in [0, 0.1) is 5.95 Å². The topological polar surface area (TPSA) is 3.88 Å². The Labute approximate surface area is 105 Å². The van der Waals surface area contributed by atoms with Crippen molar-refractivity contribution in [3.05, 3.63) is 66.7 Å². The minimum atomic E-state index is -0.236. The Bertz CT molecular complexity index is 719. The van der Waals surface area contributed by atoms with Gasteiger partial charge in [-0.1, -0.05) is 36.4 Å². The Morgan fingerprint density at radius 2 is 1.56 bits per heavy atom. The largest absolute Gasteiger partial charge is 0.359 e. The van der Waals surface area contributed by atoms with Crippen molar-refractivity contribution in [1.29, 1.82) is 0 Å². The molecule has 0 saturated heterocycles. The molecule has 1 heterocycles. The molecule has 0 spiro atoms. The number of halogens is 1. The lowest BCUT2D eigenvalue weighted by Gasteiger charge is -2.03. The van der Waals surface area contributed by atoms with Crippen LogP contribution >= 0.6 is 0 Å². The Morgan fingerprint density at radius 1 is 0.833 bits per heavy atom. The fourth-order valence-electron chi connectivity index (χ4n) is 2.09. The molecule has 2 aromatic carbocycles. The lowest BCUT2D eigenvalue weighted by Crippen LogP contribution is -2.31. The first kappa shape index (κ1) is 10.9. The number of nitrogens with zero attached hydrogens (tertiary/aromatic N) is 1. The third-order valence-corrected chi connectivity index (χ3v) is 3.17. The van der Waals surface area contributed by atoms with Gasteiger partial charge >= 0.3 is 5.95 Å². The number of pyridine rings is 1. The Hall–Kier alpha value is -2.22. The maximum Gasteiger partial charge on any atom is 0.359 e. The Morgan fingerprint density at radius 3 is 2.33 bits per heavy atom. The molecule has 0 unspecified atom stereocenters. The number of rotatable bonds is 1. The summed E-state index contributed by atoms with van der Waals surface area (Å²) in [5.41, 5.74) is 1.93. The summed E-state index contributed by atoms with van der Waals surface area (Å²) < 4.78 is 15.0. The predicted octanol–water partition coefficient (Wildman–Crippen LogP) is 3.47. The second-order valence-electron chi connectivity index (χ2n) is 4.41. The Kier molecular flexibility index (Phi) is 2.56. The molecule has 0 atom stereocenters. The highest BCUT2D eigenvalue weighted by Crippen LogP contribution is 2.23. The summed E-state index contributed by atoms with van der Waals surface area (Å²) in [6.45, 7) is 0. The van der Waals surface area contributed by atoms with Crippen LogP contribution in [0.4, 0.5) is 4.39 Å². The average Bonchev–Trinajstić information content (AvgIpc) is 2.41. The zero-order valence-corrected chi connectivity index (χ0v) is 10.1. The molecule has 18 heavy (non-hydrogen) atoms. The van der Waals surface area contributed by atoms with Gasteiger partial charge in [-0.05, 0) is 28.0 Å². The van der Waals surface area contributed by atoms with Gasteiger partial charge in [-0.3, -0.25) is 0 Å². The molecule has 1 nitrogen and oxygen atoms in total. The number of hydrogen-bond donors (Lipinski definition) is 0. The van der Waals surface area contributed by atoms with Crippen molar-refractivity contribution in [2.24, 2.45) is 7.05 Å². The summed E-state index contributed by atoms with van der Waals surface area (Å²) in [7, 11) is 1.69. The number of aryl methyl sites for hydroxylation is 1. The molecule has 0 fully saturated rings. The number of hydrogen-bond acceptors (Lipinski definition) is 0. The number of fused-ring (bicyclic) bond motifs is 1. The average molecular weight is 238 g/mol. The van der Waals surface area contributed by atoms with Crippen LogP contribution in [0.5, 0.6) is 0 Å². The molecule has 0 bridgehead atoms. The second kappa shape index (κ2) is 4.22. The lowest BCUT2D eigenvalue weighted by atomic mass is 10.0. The van der Waals surface area contributed by atoms with Gasteiger partial charge in [0, 0.05) is 12.1 Å². The van der Waals surface area contributed by atoms with Crippen LogP contribution < -0.4 is 4.57 Å². The van der Waals surface area contributed by atoms with Crippen molar-refractivity contribution in [3.8, 4) is 11.1 Å². The minimum absolute atomic E-state index is 0.236. The van der Waals surface area contributed by atoms with E-state index in [9.17, 15) is 4.39 Å². The van der Waals surface area contributed by atoms with E-state index in [0.29, 0.717) is 0 Å². The predicted molar refractivity (Wildman–Crippen MR) is 70.5 cm³/mol. The quantitative estimate of drug-likeness (QED) is 0.451. The molecular weight excluding hydrogens is 225 g/mol. The van der Waals surface area contributed by atoms with Crippen molar-refractivity contribution in [3.63, 3.8) is 0 Å². The molecule has 2 heteroatoms. The van der Waals surface area contributed by atoms with Gasteiger partial charge in [-0.2, -0.15) is 4.57 Å². The van der Waals surface area contributed by atoms with Crippen LogP contribution in [0.15, 0.2) is 60.8 Å². The molecule has 0 aliphatic carbocycles. The van der Waals surface area contributed by atoms with E-state index in [0.717, 1.165) is 11.1 Å². The van der Waals surface area contributed by atoms with Gasteiger partial charge in [0.05, 0.1) is 0 Å². The number of aromatic nitrogens is 1. The van der Waals surface area contributed by atoms with Gasteiger partial charge in [0.1, 0.15) is 7.05 Å². The molecule has 88 valence electrons. The van der Waals surface area contributed by atoms with E-state index in [2.05, 4.69) is 24.3 Å². The van der Waals surface area contributed by atoms with Gasteiger partial charge in [0.2, 0.25) is 0 Å². The molecule has 1 aromatic heterocycles. The zero-order chi connectivity index (χ0) is 12.5. The molecule has 0 amide bonds. The second-order valence-corrected chi connectivity index (χ2v) is 4.41. The van der Waals surface area contributed by atoms with Crippen LogP contribution in [-0.2, 0) is 7.05 Å². The first-order valence-electron chi connectivity index (χ1n) is 5.88. The van der Waals surface area contributed by atoms with Crippen molar-refractivity contribution in [2.75, 3.05) is 0 Å². The SMILES string of the molecule is C[n+]1ccc(-c2ccc3ccccc3c2)cc1F. The molecule has 0 radical (unpaired) electrons. The molecule has 0 saturated carbocycles. The molecule has 0 aliphatic heterocycles. The van der Waals surface area contributed by atoms with E-state index in [1.165, 1.54) is 15.3 Å². The van der Waals surface area contributed by atoms with Crippen LogP contribution in [0.2, 0.25) is 0 Å². The molecule has 3 rings (SSSR count). The minimum Gasteiger partial charge on any atom is -0.176 e. The first-order valence-corrected chi connectivity index (χ1v) is 5.88. The van der Waals surface area contributed by atoms with Gasteiger partial charge in [0.15, 0.2) is 6.20 Å². The summed E-state index contributed by atoms with van der Waals surface area (Å²) in [5, 5.41) is 2.37. The molecule has 0 N–H and O–H groups in total. The smallest absolute Gasteiger partial charge is 0.176 e. The third-order valence-electron chi connectivity index (χ3n) is 3.17. The van der Waals surface area contributed by atoms with Crippen LogP contribution in [0.1, 0.15) is 0 Å². The van der Waals surface area contributed by atoms with E-state index in [1.54, 1.807) is 19.3 Å². The lowest BCUT2D eigenvalue weighted by molar-refractivity contribution is -0.700. The fraction of sp³-hybridized carbons (Fsp3) is 0.0625.